The van der Waals surface area contributed by atoms with Crippen LogP contribution in [0.4, 0.5) is 11.5 Å². The van der Waals surface area contributed by atoms with E-state index in [1.807, 2.05) is 6.07 Å². The molecular weight excluding hydrogens is 535 g/mol. The quantitative estimate of drug-likeness (QED) is 0.274. The summed E-state index contributed by atoms with van der Waals surface area (Å²) in [5, 5.41) is 2.08. The first-order valence-electron chi connectivity index (χ1n) is 13.2. The van der Waals surface area contributed by atoms with Crippen molar-refractivity contribution in [1.29, 1.82) is 0 Å². The molecule has 1 saturated heterocycles. The molecule has 7 nitrogen and oxygen atoms in total. The van der Waals surface area contributed by atoms with Crippen LogP contribution in [0.5, 0.6) is 0 Å². The molecule has 0 bridgehead atoms. The Bertz CT molecular complexity index is 1570. The number of hydrogen-bond acceptors (Lipinski definition) is 7. The molecule has 1 saturated carbocycles. The van der Waals surface area contributed by atoms with E-state index in [9.17, 15) is 8.42 Å². The van der Waals surface area contributed by atoms with Gasteiger partial charge >= 0.3 is 0 Å². The highest BCUT2D eigenvalue weighted by Crippen LogP contribution is 2.34. The average Bonchev–Trinajstić information content (AvgIpc) is 3.57. The Morgan fingerprint density at radius 1 is 1.00 bits per heavy atom. The Hall–Kier alpha value is -2.55. The van der Waals surface area contributed by atoms with Gasteiger partial charge in [-0.15, -0.1) is 11.3 Å². The highest BCUT2D eigenvalue weighted by molar-refractivity contribution is 7.91. The van der Waals surface area contributed by atoms with Crippen LogP contribution in [0.3, 0.4) is 0 Å². The van der Waals surface area contributed by atoms with E-state index < -0.39 is 10.0 Å². The molecule has 0 spiro atoms. The topological polar surface area (TPSA) is 69.9 Å². The number of sulfonamides is 1. The van der Waals surface area contributed by atoms with E-state index in [1.54, 1.807) is 29.7 Å². The van der Waals surface area contributed by atoms with Crippen molar-refractivity contribution in [3.05, 3.63) is 59.9 Å². The Morgan fingerprint density at radius 2 is 1.79 bits per heavy atom. The Labute approximate surface area is 232 Å². The van der Waals surface area contributed by atoms with E-state index in [2.05, 4.69) is 43.6 Å². The van der Waals surface area contributed by atoms with Crippen molar-refractivity contribution in [3.63, 3.8) is 0 Å². The first-order chi connectivity index (χ1) is 18.5. The van der Waals surface area contributed by atoms with Gasteiger partial charge in [-0.1, -0.05) is 24.3 Å². The molecule has 10 heteroatoms. The standard InChI is InChI=1S/C28H31N5O2S3/c1-29-23-10-11-25-21(18-23)19-27(36-25)38(34,35)31-22-8-6-20(7-9-22)12-13-32-14-16-33(17-15-32)28-24-4-2-3-5-26(24)37-30-28/h2-5,10-11,18-20,22,31H,6-9,12-17H2. The molecule has 0 atom stereocenters. The zero-order chi connectivity index (χ0) is 26.1. The van der Waals surface area contributed by atoms with Gasteiger partial charge in [-0.3, -0.25) is 4.90 Å². The third kappa shape index (κ3) is 5.44. The first kappa shape index (κ1) is 25.7. The number of anilines is 1. The van der Waals surface area contributed by atoms with Gasteiger partial charge in [-0.2, -0.15) is 4.37 Å². The normalized spacial score (nSPS) is 21.2. The van der Waals surface area contributed by atoms with Gasteiger partial charge < -0.3 is 4.90 Å². The number of hydrogen-bond donors (Lipinski definition) is 1. The molecule has 1 aliphatic carbocycles. The Morgan fingerprint density at radius 3 is 2.58 bits per heavy atom. The van der Waals surface area contributed by atoms with Crippen molar-refractivity contribution in [2.75, 3.05) is 37.6 Å². The molecular formula is C28H31N5O2S3. The maximum atomic E-state index is 13.0. The summed E-state index contributed by atoms with van der Waals surface area (Å²) in [6.07, 6.45) is 5.10. The fraction of sp³-hybridized carbons (Fsp3) is 0.429. The minimum Gasteiger partial charge on any atom is -0.353 e. The number of aromatic nitrogens is 1. The van der Waals surface area contributed by atoms with Gasteiger partial charge in [0.1, 0.15) is 10.0 Å². The zero-order valence-corrected chi connectivity index (χ0v) is 23.6. The summed E-state index contributed by atoms with van der Waals surface area (Å²) in [5.41, 5.74) is 0.528. The third-order valence-electron chi connectivity index (χ3n) is 7.92. The number of rotatable bonds is 7. The lowest BCUT2D eigenvalue weighted by Crippen LogP contribution is -2.47. The van der Waals surface area contributed by atoms with E-state index in [0.29, 0.717) is 15.8 Å². The predicted molar refractivity (Wildman–Crippen MR) is 157 cm³/mol. The van der Waals surface area contributed by atoms with Gasteiger partial charge in [0.15, 0.2) is 5.69 Å². The van der Waals surface area contributed by atoms with E-state index in [1.165, 1.54) is 27.8 Å². The number of nitrogens with one attached hydrogen (secondary N) is 1. The zero-order valence-electron chi connectivity index (χ0n) is 21.2. The van der Waals surface area contributed by atoms with Crippen molar-refractivity contribution < 1.29 is 8.42 Å². The summed E-state index contributed by atoms with van der Waals surface area (Å²) < 4.78 is 36.3. The monoisotopic (exact) mass is 565 g/mol. The second-order valence-corrected chi connectivity index (χ2v) is 14.2. The largest absolute Gasteiger partial charge is 0.353 e. The molecule has 3 heterocycles. The molecule has 2 aliphatic rings. The predicted octanol–water partition coefficient (Wildman–Crippen LogP) is 6.11. The number of nitrogens with zero attached hydrogens (tertiary/aromatic N) is 4. The molecule has 0 unspecified atom stereocenters. The lowest BCUT2D eigenvalue weighted by molar-refractivity contribution is 0.214. The number of fused-ring (bicyclic) bond motifs is 2. The lowest BCUT2D eigenvalue weighted by Gasteiger charge is -2.36. The molecule has 4 aromatic rings. The van der Waals surface area contributed by atoms with Gasteiger partial charge in [0.05, 0.1) is 11.3 Å². The van der Waals surface area contributed by atoms with E-state index in [0.717, 1.165) is 74.3 Å². The second kappa shape index (κ2) is 10.9. The number of thiophene rings is 1. The van der Waals surface area contributed by atoms with Crippen LogP contribution in [-0.4, -0.2) is 56.5 Å². The van der Waals surface area contributed by atoms with Gasteiger partial charge in [-0.05, 0) is 85.8 Å². The molecule has 2 fully saturated rings. The SMILES string of the molecule is [C-]#[N+]c1ccc2sc(S(=O)(=O)NC3CCC(CCN4CCN(c5nsc6ccccc56)CC4)CC3)cc2c1. The summed E-state index contributed by atoms with van der Waals surface area (Å²) in [6.45, 7) is 12.4. The average molecular weight is 566 g/mol. The molecule has 2 aromatic carbocycles. The summed E-state index contributed by atoms with van der Waals surface area (Å²) >= 11 is 2.85. The Kier molecular flexibility index (Phi) is 7.38. The second-order valence-electron chi connectivity index (χ2n) is 10.4. The van der Waals surface area contributed by atoms with Crippen LogP contribution in [-0.2, 0) is 10.0 Å². The molecule has 198 valence electrons. The summed E-state index contributed by atoms with van der Waals surface area (Å²) in [6, 6.07) is 15.5. The fourth-order valence-electron chi connectivity index (χ4n) is 5.70. The lowest BCUT2D eigenvalue weighted by atomic mass is 9.84. The molecule has 1 aliphatic heterocycles. The maximum Gasteiger partial charge on any atom is 0.250 e. The minimum atomic E-state index is -3.55. The van der Waals surface area contributed by atoms with Crippen LogP contribution in [0, 0.1) is 12.5 Å². The summed E-state index contributed by atoms with van der Waals surface area (Å²) in [4.78, 5) is 8.44. The van der Waals surface area contributed by atoms with Gasteiger partial charge in [0, 0.05) is 42.3 Å². The third-order valence-corrected chi connectivity index (χ3v) is 11.9. The van der Waals surface area contributed by atoms with Crippen LogP contribution in [0.15, 0.2) is 52.7 Å². The summed E-state index contributed by atoms with van der Waals surface area (Å²) in [5.74, 6) is 1.79. The van der Waals surface area contributed by atoms with Crippen molar-refractivity contribution in [2.45, 2.75) is 42.4 Å². The molecule has 2 aromatic heterocycles. The van der Waals surface area contributed by atoms with Crippen molar-refractivity contribution in [2.24, 2.45) is 5.92 Å². The van der Waals surface area contributed by atoms with Gasteiger partial charge in [0.2, 0.25) is 10.0 Å². The van der Waals surface area contributed by atoms with E-state index in [4.69, 9.17) is 10.9 Å². The van der Waals surface area contributed by atoms with Gasteiger partial charge in [0.25, 0.3) is 0 Å². The minimum absolute atomic E-state index is 0.00302. The molecule has 1 N–H and O–H groups in total. The fourth-order valence-corrected chi connectivity index (χ4v) is 9.20. The molecule has 0 amide bonds. The molecule has 0 radical (unpaired) electrons. The maximum absolute atomic E-state index is 13.0. The van der Waals surface area contributed by atoms with E-state index in [-0.39, 0.29) is 6.04 Å². The molecule has 38 heavy (non-hydrogen) atoms. The van der Waals surface area contributed by atoms with Crippen LogP contribution in [0.2, 0.25) is 0 Å². The van der Waals surface area contributed by atoms with Gasteiger partial charge in [-0.25, -0.2) is 18.0 Å². The van der Waals surface area contributed by atoms with E-state index >= 15 is 0 Å². The van der Waals surface area contributed by atoms with Crippen LogP contribution >= 0.6 is 22.9 Å². The van der Waals surface area contributed by atoms with Crippen molar-refractivity contribution >= 4 is 64.6 Å². The molecule has 6 rings (SSSR count). The summed E-state index contributed by atoms with van der Waals surface area (Å²) in [7, 11) is -3.55. The number of benzene rings is 2. The first-order valence-corrected chi connectivity index (χ1v) is 16.3. The highest BCUT2D eigenvalue weighted by Gasteiger charge is 2.28. The van der Waals surface area contributed by atoms with Crippen LogP contribution in [0.25, 0.3) is 25.0 Å². The van der Waals surface area contributed by atoms with Crippen LogP contribution < -0.4 is 9.62 Å². The Balaban J connectivity index is 0.958. The van der Waals surface area contributed by atoms with Crippen LogP contribution in [0.1, 0.15) is 32.1 Å². The van der Waals surface area contributed by atoms with Crippen molar-refractivity contribution in [3.8, 4) is 0 Å². The number of piperazine rings is 1. The smallest absolute Gasteiger partial charge is 0.250 e. The van der Waals surface area contributed by atoms with Crippen molar-refractivity contribution in [1.82, 2.24) is 14.0 Å². The highest BCUT2D eigenvalue weighted by atomic mass is 32.2.